The molecule has 0 bridgehead atoms. The molecule has 13 heavy (non-hydrogen) atoms. The van der Waals surface area contributed by atoms with Gasteiger partial charge in [0.05, 0.1) is 0 Å². The van der Waals surface area contributed by atoms with Crippen LogP contribution in [-0.2, 0) is 4.79 Å². The van der Waals surface area contributed by atoms with E-state index in [4.69, 9.17) is 5.73 Å². The minimum atomic E-state index is -0.360. The smallest absolute Gasteiger partial charge is 0.217 e. The maximum absolute atomic E-state index is 10.4. The van der Waals surface area contributed by atoms with Gasteiger partial charge in [-0.25, -0.2) is 0 Å². The van der Waals surface area contributed by atoms with E-state index in [0.717, 1.165) is 19.5 Å². The summed E-state index contributed by atoms with van der Waals surface area (Å²) < 4.78 is 0. The number of nitrogens with two attached hydrogens (primary N) is 1. The summed E-state index contributed by atoms with van der Waals surface area (Å²) in [5.41, 5.74) is 5.01. The Hall–Kier alpha value is -0.353. The van der Waals surface area contributed by atoms with Crippen LogP contribution in [0.15, 0.2) is 0 Å². The zero-order valence-electron chi connectivity index (χ0n) is 8.81. The Morgan fingerprint density at radius 3 is 2.46 bits per heavy atom. The van der Waals surface area contributed by atoms with Gasteiger partial charge in [-0.15, -0.1) is 0 Å². The molecule has 0 aromatic heterocycles. The Morgan fingerprint density at radius 1 is 1.31 bits per heavy atom. The summed E-state index contributed by atoms with van der Waals surface area (Å²) in [6, 6.07) is 1.41. The first-order valence-corrected chi connectivity index (χ1v) is 8.24. The van der Waals surface area contributed by atoms with Crippen LogP contribution in [0.4, 0.5) is 0 Å². The van der Waals surface area contributed by atoms with Crippen LogP contribution in [0.5, 0.6) is 0 Å². The molecule has 3 nitrogen and oxygen atoms in total. The van der Waals surface area contributed by atoms with Gasteiger partial charge in [0.2, 0.25) is 5.91 Å². The lowest BCUT2D eigenvalue weighted by Crippen LogP contribution is -2.20. The van der Waals surface area contributed by atoms with Gasteiger partial charge < -0.3 is 11.1 Å². The molecule has 0 aliphatic heterocycles. The first kappa shape index (κ1) is 12.6. The molecule has 0 rings (SSSR count). The average Bonchev–Trinajstić information content (AvgIpc) is 2.01. The number of carbonyl (C=O) groups is 1. The minimum absolute atomic E-state index is 0.198. The Balaban J connectivity index is 2.96. The molecule has 0 atom stereocenters. The molecule has 4 heteroatoms. The van der Waals surface area contributed by atoms with Gasteiger partial charge in [0.1, 0.15) is 0 Å². The number of nitrogens with one attached hydrogen (secondary N) is 1. The largest absolute Gasteiger partial charge is 0.370 e. The molecular formula is C9H22N2OSi. The van der Waals surface area contributed by atoms with E-state index in [-0.39, 0.29) is 14.7 Å². The second-order valence-electron chi connectivity index (χ2n) is 3.86. The second-order valence-corrected chi connectivity index (χ2v) is 7.22. The summed E-state index contributed by atoms with van der Waals surface area (Å²) in [5, 5.41) is 3.31. The zero-order valence-corrected chi connectivity index (χ0v) is 9.96. The summed E-state index contributed by atoms with van der Waals surface area (Å²) >= 11 is 0. The van der Waals surface area contributed by atoms with Gasteiger partial charge >= 0.3 is 0 Å². The van der Waals surface area contributed by atoms with Crippen molar-refractivity contribution in [1.29, 1.82) is 0 Å². The van der Waals surface area contributed by atoms with Gasteiger partial charge in [-0.1, -0.05) is 19.1 Å². The summed E-state index contributed by atoms with van der Waals surface area (Å²) in [6.45, 7) is 6.74. The van der Waals surface area contributed by atoms with Crippen LogP contribution in [0, 0.1) is 0 Å². The van der Waals surface area contributed by atoms with E-state index in [0.29, 0.717) is 6.42 Å². The van der Waals surface area contributed by atoms with Crippen LogP contribution in [0.1, 0.15) is 19.3 Å². The van der Waals surface area contributed by atoms with E-state index in [1.54, 1.807) is 0 Å². The van der Waals surface area contributed by atoms with E-state index in [9.17, 15) is 4.79 Å². The van der Waals surface area contributed by atoms with Gasteiger partial charge in [-0.2, -0.15) is 0 Å². The molecule has 0 aliphatic carbocycles. The van der Waals surface area contributed by atoms with E-state index < -0.39 is 0 Å². The van der Waals surface area contributed by atoms with Gasteiger partial charge in [-0.05, 0) is 25.9 Å². The Kier molecular flexibility index (Phi) is 8.03. The molecule has 0 aliphatic rings. The molecule has 3 N–H and O–H groups in total. The van der Waals surface area contributed by atoms with Gasteiger partial charge in [0.25, 0.3) is 0 Å². The van der Waals surface area contributed by atoms with Crippen molar-refractivity contribution in [1.82, 2.24) is 5.32 Å². The molecule has 0 aromatic rings. The first-order chi connectivity index (χ1) is 6.13. The fourth-order valence-electron chi connectivity index (χ4n) is 1.15. The lowest BCUT2D eigenvalue weighted by atomic mass is 10.3. The molecule has 0 saturated carbocycles. The highest BCUT2D eigenvalue weighted by atomic mass is 28.3. The Bertz CT molecular complexity index is 140. The van der Waals surface area contributed by atoms with Gasteiger partial charge in [-0.3, -0.25) is 4.79 Å². The third-order valence-electron chi connectivity index (χ3n) is 1.91. The predicted octanol–water partition coefficient (Wildman–Crippen LogP) is 0.718. The second kappa shape index (κ2) is 8.25. The number of primary amides is 1. The zero-order chi connectivity index (χ0) is 10.1. The van der Waals surface area contributed by atoms with Crippen LogP contribution in [0.2, 0.25) is 19.1 Å². The van der Waals surface area contributed by atoms with Crippen molar-refractivity contribution in [2.75, 3.05) is 13.1 Å². The number of amides is 1. The SMILES string of the molecule is C[SiH](C)CCCNCCCC(N)=O. The molecular weight excluding hydrogens is 180 g/mol. The molecule has 0 fully saturated rings. The molecule has 0 aromatic carbocycles. The molecule has 1 amide bonds. The average molecular weight is 202 g/mol. The summed E-state index contributed by atoms with van der Waals surface area (Å²) in [5.74, 6) is -0.198. The van der Waals surface area contributed by atoms with E-state index in [1.807, 2.05) is 0 Å². The minimum Gasteiger partial charge on any atom is -0.370 e. The lowest BCUT2D eigenvalue weighted by Gasteiger charge is -2.04. The van der Waals surface area contributed by atoms with E-state index >= 15 is 0 Å². The van der Waals surface area contributed by atoms with Crippen LogP contribution >= 0.6 is 0 Å². The predicted molar refractivity (Wildman–Crippen MR) is 59.6 cm³/mol. The third-order valence-corrected chi connectivity index (χ3v) is 3.47. The van der Waals surface area contributed by atoms with Crippen molar-refractivity contribution in [3.8, 4) is 0 Å². The summed E-state index contributed by atoms with van der Waals surface area (Å²) in [4.78, 5) is 10.4. The van der Waals surface area contributed by atoms with Gasteiger partial charge in [0.15, 0.2) is 0 Å². The number of rotatable bonds is 8. The van der Waals surface area contributed by atoms with E-state index in [2.05, 4.69) is 18.4 Å². The van der Waals surface area contributed by atoms with Crippen molar-refractivity contribution in [3.63, 3.8) is 0 Å². The number of hydrogen-bond donors (Lipinski definition) is 2. The van der Waals surface area contributed by atoms with Crippen LogP contribution in [-0.4, -0.2) is 27.8 Å². The van der Waals surface area contributed by atoms with Crippen molar-refractivity contribution in [2.24, 2.45) is 5.73 Å². The summed E-state index contributed by atoms with van der Waals surface area (Å²) in [6.07, 6.45) is 2.65. The van der Waals surface area contributed by atoms with Crippen molar-refractivity contribution in [3.05, 3.63) is 0 Å². The highest BCUT2D eigenvalue weighted by molar-refractivity contribution is 6.55. The van der Waals surface area contributed by atoms with Crippen LogP contribution in [0.3, 0.4) is 0 Å². The van der Waals surface area contributed by atoms with Gasteiger partial charge in [0, 0.05) is 15.2 Å². The number of hydrogen-bond acceptors (Lipinski definition) is 2. The molecule has 0 unspecified atom stereocenters. The quantitative estimate of drug-likeness (QED) is 0.450. The molecule has 0 spiro atoms. The lowest BCUT2D eigenvalue weighted by molar-refractivity contribution is -0.118. The molecule has 78 valence electrons. The van der Waals surface area contributed by atoms with Crippen molar-refractivity contribution in [2.45, 2.75) is 38.4 Å². The molecule has 0 heterocycles. The highest BCUT2D eigenvalue weighted by Crippen LogP contribution is 1.95. The fourth-order valence-corrected chi connectivity index (χ4v) is 2.17. The monoisotopic (exact) mass is 202 g/mol. The Morgan fingerprint density at radius 2 is 1.92 bits per heavy atom. The van der Waals surface area contributed by atoms with Crippen LogP contribution in [0.25, 0.3) is 0 Å². The standard InChI is InChI=1S/C9H22N2OSi/c1-13(2)8-4-7-11-6-3-5-9(10)12/h11,13H,3-8H2,1-2H3,(H2,10,12). The third kappa shape index (κ3) is 11.6. The summed E-state index contributed by atoms with van der Waals surface area (Å²) in [7, 11) is -0.360. The fraction of sp³-hybridized carbons (Fsp3) is 0.889. The molecule has 0 radical (unpaired) electrons. The first-order valence-electron chi connectivity index (χ1n) is 5.12. The number of carbonyl (C=O) groups excluding carboxylic acids is 1. The molecule has 0 saturated heterocycles. The van der Waals surface area contributed by atoms with Crippen molar-refractivity contribution >= 4 is 14.7 Å². The normalized spacial score (nSPS) is 10.7. The Labute approximate surface area is 82.7 Å². The van der Waals surface area contributed by atoms with Crippen LogP contribution < -0.4 is 11.1 Å². The maximum Gasteiger partial charge on any atom is 0.217 e. The van der Waals surface area contributed by atoms with Crippen molar-refractivity contribution < 1.29 is 4.79 Å². The highest BCUT2D eigenvalue weighted by Gasteiger charge is 1.96. The van der Waals surface area contributed by atoms with E-state index in [1.165, 1.54) is 12.5 Å². The maximum atomic E-state index is 10.4. The topological polar surface area (TPSA) is 55.1 Å².